The van der Waals surface area contributed by atoms with Crippen molar-refractivity contribution >= 4 is 50.5 Å². The smallest absolute Gasteiger partial charge is 0.263 e. The van der Waals surface area contributed by atoms with Crippen LogP contribution < -0.4 is 10.2 Å². The van der Waals surface area contributed by atoms with Crippen molar-refractivity contribution in [1.82, 2.24) is 10.2 Å². The van der Waals surface area contributed by atoms with E-state index >= 15 is 0 Å². The number of rotatable bonds is 4. The van der Waals surface area contributed by atoms with Crippen molar-refractivity contribution in [2.24, 2.45) is 0 Å². The van der Waals surface area contributed by atoms with Crippen molar-refractivity contribution in [3.05, 3.63) is 58.4 Å². The molecule has 8 heteroatoms. The summed E-state index contributed by atoms with van der Waals surface area (Å²) in [5.74, 6) is -0.224. The minimum absolute atomic E-state index is 0.0600. The molecule has 0 aliphatic carbocycles. The first-order valence-corrected chi connectivity index (χ1v) is 10.5. The van der Waals surface area contributed by atoms with E-state index in [0.29, 0.717) is 36.1 Å². The van der Waals surface area contributed by atoms with E-state index in [1.807, 2.05) is 30.3 Å². The predicted octanol–water partition coefficient (Wildman–Crippen LogP) is 3.34. The molecule has 0 spiro atoms. The Bertz CT molecular complexity index is 1060. The van der Waals surface area contributed by atoms with Gasteiger partial charge in [0.05, 0.1) is 11.6 Å². The van der Waals surface area contributed by atoms with Crippen LogP contribution in [-0.2, 0) is 4.79 Å². The highest BCUT2D eigenvalue weighted by Gasteiger charge is 2.23. The number of piperazine rings is 1. The molecule has 6 nitrogen and oxygen atoms in total. The third-order valence-corrected chi connectivity index (χ3v) is 6.64. The van der Waals surface area contributed by atoms with Crippen LogP contribution in [0.25, 0.3) is 10.1 Å². The van der Waals surface area contributed by atoms with E-state index in [0.717, 1.165) is 15.8 Å². The van der Waals surface area contributed by atoms with E-state index < -0.39 is 0 Å². The summed E-state index contributed by atoms with van der Waals surface area (Å²) in [6.45, 7) is 2.41. The van der Waals surface area contributed by atoms with Crippen molar-refractivity contribution < 1.29 is 14.7 Å². The summed E-state index contributed by atoms with van der Waals surface area (Å²) < 4.78 is 0.942. The summed E-state index contributed by atoms with van der Waals surface area (Å²) in [5, 5.41) is 13.6. The molecule has 2 heterocycles. The van der Waals surface area contributed by atoms with Crippen LogP contribution in [0.5, 0.6) is 5.75 Å². The number of carbonyl (C=O) groups is 2. The Morgan fingerprint density at radius 3 is 2.55 bits per heavy atom. The average molecular weight is 430 g/mol. The molecule has 0 atom stereocenters. The molecule has 0 saturated carbocycles. The maximum atomic E-state index is 12.5. The first-order valence-electron chi connectivity index (χ1n) is 9.30. The number of anilines is 1. The van der Waals surface area contributed by atoms with Crippen LogP contribution in [0, 0.1) is 0 Å². The topological polar surface area (TPSA) is 72.9 Å². The van der Waals surface area contributed by atoms with Gasteiger partial charge in [-0.05, 0) is 18.2 Å². The van der Waals surface area contributed by atoms with E-state index in [4.69, 9.17) is 11.6 Å². The number of hydrogen-bond donors (Lipinski definition) is 2. The summed E-state index contributed by atoms with van der Waals surface area (Å²) in [6.07, 6.45) is 0. The Morgan fingerprint density at radius 2 is 1.83 bits per heavy atom. The van der Waals surface area contributed by atoms with Gasteiger partial charge in [-0.15, -0.1) is 11.3 Å². The minimum Gasteiger partial charge on any atom is -0.508 e. The molecule has 2 aromatic carbocycles. The van der Waals surface area contributed by atoms with Gasteiger partial charge in [-0.3, -0.25) is 9.59 Å². The monoisotopic (exact) mass is 429 g/mol. The van der Waals surface area contributed by atoms with Gasteiger partial charge in [0.1, 0.15) is 10.6 Å². The summed E-state index contributed by atoms with van der Waals surface area (Å²) in [5.41, 5.74) is 0.935. The molecular weight excluding hydrogens is 410 g/mol. The summed E-state index contributed by atoms with van der Waals surface area (Å²) in [7, 11) is 0. The molecule has 150 valence electrons. The fourth-order valence-corrected chi connectivity index (χ4v) is 4.85. The highest BCUT2D eigenvalue weighted by Crippen LogP contribution is 2.34. The second-order valence-electron chi connectivity index (χ2n) is 6.81. The lowest BCUT2D eigenvalue weighted by Crippen LogP contribution is -2.51. The van der Waals surface area contributed by atoms with Gasteiger partial charge in [-0.2, -0.15) is 0 Å². The van der Waals surface area contributed by atoms with Crippen molar-refractivity contribution in [3.63, 3.8) is 0 Å². The molecule has 0 bridgehead atoms. The Kier molecular flexibility index (Phi) is 5.60. The normalized spacial score (nSPS) is 14.2. The molecule has 1 aliphatic heterocycles. The summed E-state index contributed by atoms with van der Waals surface area (Å²) in [6, 6.07) is 14.7. The average Bonchev–Trinajstić information content (AvgIpc) is 3.09. The molecular formula is C21H20ClN3O3S. The number of phenols is 1. The second kappa shape index (κ2) is 8.31. The maximum Gasteiger partial charge on any atom is 0.263 e. The van der Waals surface area contributed by atoms with Gasteiger partial charge in [-0.1, -0.05) is 35.9 Å². The van der Waals surface area contributed by atoms with Crippen molar-refractivity contribution in [2.75, 3.05) is 37.6 Å². The highest BCUT2D eigenvalue weighted by atomic mass is 35.5. The van der Waals surface area contributed by atoms with Gasteiger partial charge in [0, 0.05) is 48.0 Å². The number of aromatic hydroxyl groups is 1. The van der Waals surface area contributed by atoms with Crippen LogP contribution in [-0.4, -0.2) is 54.5 Å². The van der Waals surface area contributed by atoms with Crippen LogP contribution in [0.3, 0.4) is 0 Å². The minimum atomic E-state index is -0.331. The van der Waals surface area contributed by atoms with Crippen LogP contribution >= 0.6 is 22.9 Å². The Balaban J connectivity index is 1.32. The molecule has 2 amide bonds. The highest BCUT2D eigenvalue weighted by molar-refractivity contribution is 7.21. The van der Waals surface area contributed by atoms with Crippen LogP contribution in [0.4, 0.5) is 5.69 Å². The Hall–Kier alpha value is -2.77. The molecule has 0 unspecified atom stereocenters. The van der Waals surface area contributed by atoms with E-state index in [1.165, 1.54) is 11.3 Å². The Labute approximate surface area is 177 Å². The molecule has 1 fully saturated rings. The van der Waals surface area contributed by atoms with Crippen LogP contribution in [0.15, 0.2) is 48.5 Å². The zero-order valence-corrected chi connectivity index (χ0v) is 17.2. The number of fused-ring (bicyclic) bond motifs is 1. The fraction of sp³-hybridized carbons (Fsp3) is 0.238. The van der Waals surface area contributed by atoms with Gasteiger partial charge in [0.2, 0.25) is 5.91 Å². The predicted molar refractivity (Wildman–Crippen MR) is 116 cm³/mol. The third kappa shape index (κ3) is 4.16. The van der Waals surface area contributed by atoms with Crippen LogP contribution in [0.1, 0.15) is 9.67 Å². The number of halogens is 1. The van der Waals surface area contributed by atoms with Gasteiger partial charge >= 0.3 is 0 Å². The standard InChI is InChI=1S/C21H20ClN3O3S/c22-19-16-6-1-2-7-17(16)29-20(19)21(28)23-13-18(27)25-10-8-24(9-11-25)14-4-3-5-15(26)12-14/h1-7,12,26H,8-11,13H2,(H,23,28). The van der Waals surface area contributed by atoms with Gasteiger partial charge in [-0.25, -0.2) is 0 Å². The van der Waals surface area contributed by atoms with Crippen LogP contribution in [0.2, 0.25) is 5.02 Å². The number of amides is 2. The molecule has 3 aromatic rings. The number of hydrogen-bond acceptors (Lipinski definition) is 5. The SMILES string of the molecule is O=C(NCC(=O)N1CCN(c2cccc(O)c2)CC1)c1sc2ccccc2c1Cl. The summed E-state index contributed by atoms with van der Waals surface area (Å²) >= 11 is 7.65. The number of nitrogens with zero attached hydrogens (tertiary/aromatic N) is 2. The number of thiophene rings is 1. The first kappa shape index (κ1) is 19.5. The molecule has 29 heavy (non-hydrogen) atoms. The Morgan fingerprint density at radius 1 is 1.07 bits per heavy atom. The van der Waals surface area contributed by atoms with Gasteiger partial charge in [0.25, 0.3) is 5.91 Å². The largest absolute Gasteiger partial charge is 0.508 e. The van der Waals surface area contributed by atoms with Gasteiger partial charge < -0.3 is 20.2 Å². The lowest BCUT2D eigenvalue weighted by Gasteiger charge is -2.36. The zero-order valence-electron chi connectivity index (χ0n) is 15.6. The first-order chi connectivity index (χ1) is 14.0. The number of benzene rings is 2. The van der Waals surface area contributed by atoms with Crippen molar-refractivity contribution in [3.8, 4) is 5.75 Å². The molecule has 1 aromatic heterocycles. The zero-order chi connectivity index (χ0) is 20.4. The lowest BCUT2D eigenvalue weighted by molar-refractivity contribution is -0.130. The molecule has 0 radical (unpaired) electrons. The second-order valence-corrected chi connectivity index (χ2v) is 8.24. The molecule has 1 saturated heterocycles. The molecule has 4 rings (SSSR count). The lowest BCUT2D eigenvalue weighted by atomic mass is 10.2. The van der Waals surface area contributed by atoms with Gasteiger partial charge in [0.15, 0.2) is 0 Å². The number of phenolic OH excluding ortho intramolecular Hbond substituents is 1. The molecule has 1 aliphatic rings. The maximum absolute atomic E-state index is 12.5. The van der Waals surface area contributed by atoms with Crippen molar-refractivity contribution in [1.29, 1.82) is 0 Å². The van der Waals surface area contributed by atoms with E-state index in [9.17, 15) is 14.7 Å². The van der Waals surface area contributed by atoms with E-state index in [2.05, 4.69) is 10.2 Å². The third-order valence-electron chi connectivity index (χ3n) is 4.97. The number of nitrogens with one attached hydrogen (secondary N) is 1. The van der Waals surface area contributed by atoms with E-state index in [1.54, 1.807) is 23.1 Å². The molecule has 2 N–H and O–H groups in total. The quantitative estimate of drug-likeness (QED) is 0.667. The van der Waals surface area contributed by atoms with Crippen molar-refractivity contribution in [2.45, 2.75) is 0 Å². The summed E-state index contributed by atoms with van der Waals surface area (Å²) in [4.78, 5) is 29.3. The van der Waals surface area contributed by atoms with E-state index in [-0.39, 0.29) is 24.1 Å². The fourth-order valence-electron chi connectivity index (χ4n) is 3.41. The number of carbonyl (C=O) groups excluding carboxylic acids is 2.